The fourth-order valence-corrected chi connectivity index (χ4v) is 7.64. The first kappa shape index (κ1) is 29.1. The molecule has 240 valence electrons. The van der Waals surface area contributed by atoms with Crippen molar-refractivity contribution in [2.45, 2.75) is 5.41 Å². The lowest BCUT2D eigenvalue weighted by Gasteiger charge is -2.34. The maximum Gasteiger partial charge on any atom is 0.181 e. The lowest BCUT2D eigenvalue weighted by Crippen LogP contribution is -2.28. The highest BCUT2D eigenvalue weighted by molar-refractivity contribution is 5.88. The Labute approximate surface area is 295 Å². The van der Waals surface area contributed by atoms with Crippen LogP contribution in [-0.2, 0) is 5.41 Å². The van der Waals surface area contributed by atoms with Gasteiger partial charge in [-0.2, -0.15) is 0 Å². The number of nitrogens with zero attached hydrogens (tertiary/aromatic N) is 3. The molecule has 2 heterocycles. The number of fused-ring (bicyclic) bond motifs is 5. The summed E-state index contributed by atoms with van der Waals surface area (Å²) >= 11 is 0. The first-order valence-corrected chi connectivity index (χ1v) is 17.0. The fourth-order valence-electron chi connectivity index (χ4n) is 7.64. The number of aromatic nitrogens is 3. The van der Waals surface area contributed by atoms with Gasteiger partial charge in [-0.05, 0) is 57.6 Å². The molecule has 0 radical (unpaired) electrons. The maximum atomic E-state index is 6.85. The number of benzene rings is 7. The van der Waals surface area contributed by atoms with Gasteiger partial charge in [-0.25, -0.2) is 15.0 Å². The minimum Gasteiger partial charge on any atom is -0.449 e. The molecular formula is C46H29N3O2. The Bertz CT molecular complexity index is 2480. The van der Waals surface area contributed by atoms with Crippen molar-refractivity contribution < 1.29 is 9.47 Å². The van der Waals surface area contributed by atoms with Gasteiger partial charge in [0.25, 0.3) is 0 Å². The molecule has 1 aliphatic carbocycles. The second kappa shape index (κ2) is 11.6. The zero-order chi connectivity index (χ0) is 33.8. The van der Waals surface area contributed by atoms with E-state index in [2.05, 4.69) is 97.1 Å². The SMILES string of the molecule is c1ccc(-c2nc(-c3ccccc3)nc(-c3cccc4c3Oc3cc5c(cc3O4)C(c3ccccc3)(c3ccccc3)c3ccccc3-5)n2)cc1. The molecule has 8 aromatic rings. The molecule has 51 heavy (non-hydrogen) atoms. The van der Waals surface area contributed by atoms with E-state index < -0.39 is 5.41 Å². The van der Waals surface area contributed by atoms with E-state index in [1.807, 2.05) is 78.9 Å². The van der Waals surface area contributed by atoms with E-state index in [1.165, 1.54) is 22.3 Å². The third kappa shape index (κ3) is 4.59. The molecule has 0 fully saturated rings. The molecule has 0 unspecified atom stereocenters. The van der Waals surface area contributed by atoms with Crippen molar-refractivity contribution in [3.63, 3.8) is 0 Å². The molecule has 2 aliphatic rings. The minimum absolute atomic E-state index is 0.505. The van der Waals surface area contributed by atoms with Gasteiger partial charge in [-0.15, -0.1) is 0 Å². The van der Waals surface area contributed by atoms with Gasteiger partial charge in [0, 0.05) is 11.1 Å². The zero-order valence-electron chi connectivity index (χ0n) is 27.4. The molecular weight excluding hydrogens is 627 g/mol. The van der Waals surface area contributed by atoms with Gasteiger partial charge in [-0.1, -0.05) is 152 Å². The summed E-state index contributed by atoms with van der Waals surface area (Å²) in [5.74, 6) is 4.14. The first-order chi connectivity index (χ1) is 25.3. The number of hydrogen-bond acceptors (Lipinski definition) is 5. The van der Waals surface area contributed by atoms with Crippen molar-refractivity contribution >= 4 is 0 Å². The van der Waals surface area contributed by atoms with Crippen LogP contribution in [0, 0.1) is 0 Å². The highest BCUT2D eigenvalue weighted by Gasteiger charge is 2.47. The molecule has 10 rings (SSSR count). The standard InChI is InChI=1S/C46H29N3O2/c1-5-16-30(17-6-1)43-47-44(31-18-7-2-8-19-31)49-45(48-43)35-25-15-27-39-42(35)51-40-28-36-34-24-13-14-26-37(34)46(32-20-9-3-10-21-32,33-22-11-4-12-23-33)38(36)29-41(40)50-39/h1-29H. The molecule has 0 atom stereocenters. The molecule has 7 aromatic carbocycles. The summed E-state index contributed by atoms with van der Waals surface area (Å²) in [4.78, 5) is 14.8. The molecule has 1 aliphatic heterocycles. The van der Waals surface area contributed by atoms with Gasteiger partial charge in [0.05, 0.1) is 11.0 Å². The van der Waals surface area contributed by atoms with Crippen molar-refractivity contribution in [3.05, 3.63) is 198 Å². The van der Waals surface area contributed by atoms with Crippen LogP contribution < -0.4 is 9.47 Å². The Kier molecular flexibility index (Phi) is 6.64. The van der Waals surface area contributed by atoms with Gasteiger partial charge in [0.15, 0.2) is 40.5 Å². The van der Waals surface area contributed by atoms with Crippen LogP contribution in [0.15, 0.2) is 176 Å². The number of hydrogen-bond donors (Lipinski definition) is 0. The second-order valence-corrected chi connectivity index (χ2v) is 12.7. The largest absolute Gasteiger partial charge is 0.449 e. The van der Waals surface area contributed by atoms with Crippen LogP contribution in [0.1, 0.15) is 22.3 Å². The highest BCUT2D eigenvalue weighted by Crippen LogP contribution is 2.60. The van der Waals surface area contributed by atoms with Crippen molar-refractivity contribution in [3.8, 4) is 68.3 Å². The van der Waals surface area contributed by atoms with Gasteiger partial charge in [-0.3, -0.25) is 0 Å². The quantitative estimate of drug-likeness (QED) is 0.185. The Morgan fingerprint density at radius 3 is 1.49 bits per heavy atom. The zero-order valence-corrected chi connectivity index (χ0v) is 27.4. The molecule has 0 saturated carbocycles. The highest BCUT2D eigenvalue weighted by atomic mass is 16.6. The minimum atomic E-state index is -0.540. The number of para-hydroxylation sites is 1. The lowest BCUT2D eigenvalue weighted by molar-refractivity contribution is 0.360. The van der Waals surface area contributed by atoms with Crippen LogP contribution >= 0.6 is 0 Å². The summed E-state index contributed by atoms with van der Waals surface area (Å²) in [5, 5.41) is 0. The number of ether oxygens (including phenoxy) is 2. The van der Waals surface area contributed by atoms with Crippen LogP contribution in [0.3, 0.4) is 0 Å². The Balaban J connectivity index is 1.15. The van der Waals surface area contributed by atoms with Gasteiger partial charge in [0.2, 0.25) is 0 Å². The fraction of sp³-hybridized carbons (Fsp3) is 0.0217. The molecule has 0 N–H and O–H groups in total. The molecule has 0 saturated heterocycles. The molecule has 0 spiro atoms. The van der Waals surface area contributed by atoms with Crippen LogP contribution in [0.4, 0.5) is 0 Å². The smallest absolute Gasteiger partial charge is 0.181 e. The molecule has 5 nitrogen and oxygen atoms in total. The average Bonchev–Trinajstić information content (AvgIpc) is 3.50. The van der Waals surface area contributed by atoms with Crippen LogP contribution in [0.5, 0.6) is 23.0 Å². The van der Waals surface area contributed by atoms with E-state index >= 15 is 0 Å². The molecule has 0 amide bonds. The van der Waals surface area contributed by atoms with Crippen LogP contribution in [0.2, 0.25) is 0 Å². The normalized spacial score (nSPS) is 13.2. The van der Waals surface area contributed by atoms with E-state index in [9.17, 15) is 0 Å². The third-order valence-corrected chi connectivity index (χ3v) is 9.87. The molecule has 1 aromatic heterocycles. The van der Waals surface area contributed by atoms with Crippen molar-refractivity contribution in [2.24, 2.45) is 0 Å². The summed E-state index contributed by atoms with van der Waals surface area (Å²) in [7, 11) is 0. The van der Waals surface area contributed by atoms with Crippen molar-refractivity contribution in [1.82, 2.24) is 15.0 Å². The summed E-state index contributed by atoms with van der Waals surface area (Å²) < 4.78 is 13.6. The topological polar surface area (TPSA) is 57.1 Å². The van der Waals surface area contributed by atoms with E-state index in [1.54, 1.807) is 0 Å². The molecule has 5 heteroatoms. The van der Waals surface area contributed by atoms with E-state index in [0.29, 0.717) is 40.5 Å². The van der Waals surface area contributed by atoms with Crippen LogP contribution in [0.25, 0.3) is 45.3 Å². The van der Waals surface area contributed by atoms with Gasteiger partial charge >= 0.3 is 0 Å². The van der Waals surface area contributed by atoms with E-state index in [4.69, 9.17) is 24.4 Å². The summed E-state index contributed by atoms with van der Waals surface area (Å²) in [6.07, 6.45) is 0. The van der Waals surface area contributed by atoms with Crippen molar-refractivity contribution in [1.29, 1.82) is 0 Å². The summed E-state index contributed by atoms with van der Waals surface area (Å²) in [6, 6.07) is 60.3. The number of rotatable bonds is 5. The van der Waals surface area contributed by atoms with E-state index in [-0.39, 0.29) is 0 Å². The predicted molar refractivity (Wildman–Crippen MR) is 200 cm³/mol. The van der Waals surface area contributed by atoms with Crippen LogP contribution in [-0.4, -0.2) is 15.0 Å². The van der Waals surface area contributed by atoms with E-state index in [0.717, 1.165) is 27.8 Å². The molecule has 0 bridgehead atoms. The lowest BCUT2D eigenvalue weighted by atomic mass is 9.67. The van der Waals surface area contributed by atoms with Gasteiger partial charge in [0.1, 0.15) is 0 Å². The Morgan fingerprint density at radius 1 is 0.353 bits per heavy atom. The Morgan fingerprint density at radius 2 is 0.863 bits per heavy atom. The first-order valence-electron chi connectivity index (χ1n) is 17.0. The Hall–Kier alpha value is -6.85. The van der Waals surface area contributed by atoms with Gasteiger partial charge < -0.3 is 9.47 Å². The summed E-state index contributed by atoms with van der Waals surface area (Å²) in [6.45, 7) is 0. The summed E-state index contributed by atoms with van der Waals surface area (Å²) in [5.41, 5.74) is 9.04. The third-order valence-electron chi connectivity index (χ3n) is 9.87. The average molecular weight is 656 g/mol. The monoisotopic (exact) mass is 655 g/mol. The maximum absolute atomic E-state index is 6.85. The predicted octanol–water partition coefficient (Wildman–Crippen LogP) is 11.1. The van der Waals surface area contributed by atoms with Crippen molar-refractivity contribution in [2.75, 3.05) is 0 Å². The second-order valence-electron chi connectivity index (χ2n) is 12.7.